The van der Waals surface area contributed by atoms with Crippen molar-refractivity contribution in [1.29, 1.82) is 0 Å². The molecule has 3 nitrogen and oxygen atoms in total. The second kappa shape index (κ2) is 6.22. The van der Waals surface area contributed by atoms with Crippen LogP contribution >= 0.6 is 17.0 Å². The van der Waals surface area contributed by atoms with Gasteiger partial charge in [0.05, 0.1) is 5.57 Å². The lowest BCUT2D eigenvalue weighted by Crippen LogP contribution is -2.07. The summed E-state index contributed by atoms with van der Waals surface area (Å²) in [6, 6.07) is 0. The maximum absolute atomic E-state index is 10.4. The molecule has 0 aromatic rings. The molecule has 0 aromatic heterocycles. The van der Waals surface area contributed by atoms with E-state index >= 15 is 0 Å². The van der Waals surface area contributed by atoms with Crippen molar-refractivity contribution < 1.29 is 9.90 Å². The first kappa shape index (κ1) is 13.1. The molecule has 0 radical (unpaired) electrons. The molecule has 66 valence electrons. The fraction of sp³-hybridized carbons (Fsp3) is 0.571. The van der Waals surface area contributed by atoms with E-state index in [0.29, 0.717) is 17.7 Å². The Morgan fingerprint density at radius 3 is 2.09 bits per heavy atom. The molecule has 0 saturated carbocycles. The van der Waals surface area contributed by atoms with Crippen molar-refractivity contribution in [1.82, 2.24) is 0 Å². The third kappa shape index (κ3) is 4.84. The van der Waals surface area contributed by atoms with Crippen LogP contribution < -0.4 is 5.73 Å². The van der Waals surface area contributed by atoms with E-state index in [2.05, 4.69) is 0 Å². The van der Waals surface area contributed by atoms with Crippen LogP contribution in [0.2, 0.25) is 0 Å². The van der Waals surface area contributed by atoms with Gasteiger partial charge in [0.1, 0.15) is 0 Å². The number of carboxylic acids is 1. The fourth-order valence-electron chi connectivity index (χ4n) is 0.723. The minimum absolute atomic E-state index is 0. The third-order valence-corrected chi connectivity index (χ3v) is 1.23. The quantitative estimate of drug-likeness (QED) is 0.717. The minimum atomic E-state index is -0.901. The second-order valence-corrected chi connectivity index (χ2v) is 2.22. The predicted molar refractivity (Wildman–Crippen MR) is 49.8 cm³/mol. The second-order valence-electron chi connectivity index (χ2n) is 2.22. The fourth-order valence-corrected chi connectivity index (χ4v) is 0.723. The smallest absolute Gasteiger partial charge is 0.333 e. The summed E-state index contributed by atoms with van der Waals surface area (Å²) in [6.45, 7) is 3.53. The van der Waals surface area contributed by atoms with Crippen LogP contribution in [-0.2, 0) is 4.79 Å². The topological polar surface area (TPSA) is 63.3 Å². The van der Waals surface area contributed by atoms with Gasteiger partial charge in [-0.3, -0.25) is 0 Å². The van der Waals surface area contributed by atoms with Gasteiger partial charge in [-0.2, -0.15) is 0 Å². The maximum Gasteiger partial charge on any atom is 0.333 e. The van der Waals surface area contributed by atoms with E-state index in [-0.39, 0.29) is 17.0 Å². The standard InChI is InChI=1S/C7H13NO2.BrH/c1-3-4-6(5(2)8)7(9)10;/h3-4,8H2,1-2H3,(H,9,10);1H. The zero-order valence-corrected chi connectivity index (χ0v) is 8.47. The van der Waals surface area contributed by atoms with Crippen molar-refractivity contribution in [2.45, 2.75) is 26.7 Å². The van der Waals surface area contributed by atoms with E-state index in [9.17, 15) is 4.79 Å². The highest BCUT2D eigenvalue weighted by atomic mass is 79.9. The molecule has 0 bridgehead atoms. The number of allylic oxidation sites excluding steroid dienone is 1. The van der Waals surface area contributed by atoms with E-state index in [0.717, 1.165) is 6.42 Å². The lowest BCUT2D eigenvalue weighted by atomic mass is 10.1. The lowest BCUT2D eigenvalue weighted by Gasteiger charge is -2.00. The largest absolute Gasteiger partial charge is 0.478 e. The number of hydrogen-bond acceptors (Lipinski definition) is 2. The molecule has 0 aliphatic rings. The van der Waals surface area contributed by atoms with Crippen molar-refractivity contribution in [3.63, 3.8) is 0 Å². The van der Waals surface area contributed by atoms with Crippen molar-refractivity contribution in [3.8, 4) is 0 Å². The van der Waals surface area contributed by atoms with Gasteiger partial charge >= 0.3 is 5.97 Å². The Labute approximate surface area is 77.0 Å². The van der Waals surface area contributed by atoms with Crippen molar-refractivity contribution in [2.75, 3.05) is 0 Å². The van der Waals surface area contributed by atoms with Gasteiger partial charge in [-0.1, -0.05) is 13.3 Å². The zero-order chi connectivity index (χ0) is 8.15. The van der Waals surface area contributed by atoms with Crippen LogP contribution in [0.15, 0.2) is 11.3 Å². The summed E-state index contributed by atoms with van der Waals surface area (Å²) in [6.07, 6.45) is 1.37. The van der Waals surface area contributed by atoms with Crippen LogP contribution in [0, 0.1) is 0 Å². The van der Waals surface area contributed by atoms with Crippen molar-refractivity contribution in [2.24, 2.45) is 5.73 Å². The highest BCUT2D eigenvalue weighted by Crippen LogP contribution is 2.06. The van der Waals surface area contributed by atoms with Gasteiger partial charge in [-0.15, -0.1) is 17.0 Å². The monoisotopic (exact) mass is 223 g/mol. The molecule has 0 aliphatic heterocycles. The van der Waals surface area contributed by atoms with Crippen LogP contribution in [0.1, 0.15) is 26.7 Å². The Balaban J connectivity index is 0. The number of aliphatic carboxylic acids is 1. The van der Waals surface area contributed by atoms with Crippen LogP contribution in [0.25, 0.3) is 0 Å². The van der Waals surface area contributed by atoms with E-state index in [4.69, 9.17) is 10.8 Å². The van der Waals surface area contributed by atoms with Crippen LogP contribution in [0.5, 0.6) is 0 Å². The van der Waals surface area contributed by atoms with Gasteiger partial charge in [0.25, 0.3) is 0 Å². The highest BCUT2D eigenvalue weighted by Gasteiger charge is 2.07. The molecule has 0 unspecified atom stereocenters. The molecule has 0 aromatic carbocycles. The van der Waals surface area contributed by atoms with Gasteiger partial charge < -0.3 is 10.8 Å². The number of halogens is 1. The Kier molecular flexibility index (Phi) is 7.41. The third-order valence-electron chi connectivity index (χ3n) is 1.23. The zero-order valence-electron chi connectivity index (χ0n) is 6.76. The molecular formula is C7H14BrNO2. The highest BCUT2D eigenvalue weighted by molar-refractivity contribution is 8.93. The van der Waals surface area contributed by atoms with Crippen LogP contribution in [0.3, 0.4) is 0 Å². The first-order valence-corrected chi connectivity index (χ1v) is 3.28. The Morgan fingerprint density at radius 2 is 2.00 bits per heavy atom. The van der Waals surface area contributed by atoms with E-state index < -0.39 is 5.97 Å². The van der Waals surface area contributed by atoms with Gasteiger partial charge in [0.15, 0.2) is 0 Å². The van der Waals surface area contributed by atoms with Crippen LogP contribution in [0.4, 0.5) is 0 Å². The Morgan fingerprint density at radius 1 is 1.55 bits per heavy atom. The molecule has 0 amide bonds. The molecule has 0 spiro atoms. The number of carbonyl (C=O) groups is 1. The SMILES string of the molecule is Br.CCCC(C(=O)O)=C(C)N. The molecule has 0 fully saturated rings. The number of carboxylic acid groups (broad SMARTS) is 1. The molecule has 0 aliphatic carbocycles. The molecule has 11 heavy (non-hydrogen) atoms. The van der Waals surface area contributed by atoms with Gasteiger partial charge in [-0.05, 0) is 13.3 Å². The Bertz CT molecular complexity index is 162. The average Bonchev–Trinajstić information content (AvgIpc) is 1.81. The van der Waals surface area contributed by atoms with Crippen LogP contribution in [-0.4, -0.2) is 11.1 Å². The number of nitrogens with two attached hydrogens (primary N) is 1. The average molecular weight is 224 g/mol. The van der Waals surface area contributed by atoms with E-state index in [1.54, 1.807) is 6.92 Å². The molecule has 0 rings (SSSR count). The molecule has 4 heteroatoms. The molecule has 0 heterocycles. The summed E-state index contributed by atoms with van der Waals surface area (Å²) in [7, 11) is 0. The Hall–Kier alpha value is -0.510. The van der Waals surface area contributed by atoms with E-state index in [1.165, 1.54) is 0 Å². The summed E-state index contributed by atoms with van der Waals surface area (Å²) in [5, 5.41) is 8.54. The molecule has 0 atom stereocenters. The van der Waals surface area contributed by atoms with Crippen molar-refractivity contribution in [3.05, 3.63) is 11.3 Å². The summed E-state index contributed by atoms with van der Waals surface area (Å²) in [5.74, 6) is -0.901. The van der Waals surface area contributed by atoms with Gasteiger partial charge in [0, 0.05) is 5.70 Å². The first-order chi connectivity index (χ1) is 4.59. The first-order valence-electron chi connectivity index (χ1n) is 3.28. The number of rotatable bonds is 3. The number of hydrogen-bond donors (Lipinski definition) is 2. The van der Waals surface area contributed by atoms with Gasteiger partial charge in [-0.25, -0.2) is 4.79 Å². The maximum atomic E-state index is 10.4. The predicted octanol–water partition coefficient (Wildman–Crippen LogP) is 1.68. The summed E-state index contributed by atoms with van der Waals surface area (Å²) in [5.41, 5.74) is 6.07. The lowest BCUT2D eigenvalue weighted by molar-refractivity contribution is -0.132. The molecule has 3 N–H and O–H groups in total. The summed E-state index contributed by atoms with van der Waals surface area (Å²) in [4.78, 5) is 10.4. The normalized spacial score (nSPS) is 11.5. The summed E-state index contributed by atoms with van der Waals surface area (Å²) >= 11 is 0. The van der Waals surface area contributed by atoms with E-state index in [1.807, 2.05) is 6.92 Å². The summed E-state index contributed by atoms with van der Waals surface area (Å²) < 4.78 is 0. The van der Waals surface area contributed by atoms with Gasteiger partial charge in [0.2, 0.25) is 0 Å². The molecule has 0 saturated heterocycles. The minimum Gasteiger partial charge on any atom is -0.478 e. The molecular weight excluding hydrogens is 210 g/mol. The van der Waals surface area contributed by atoms with Crippen molar-refractivity contribution >= 4 is 23.0 Å².